The number of hydrogen-bond donors (Lipinski definition) is 3. The zero-order valence-electron chi connectivity index (χ0n) is 13.4. The highest BCUT2D eigenvalue weighted by Crippen LogP contribution is 2.18. The van der Waals surface area contributed by atoms with Crippen molar-refractivity contribution in [3.05, 3.63) is 45.8 Å². The first-order valence-electron chi connectivity index (χ1n) is 7.15. The van der Waals surface area contributed by atoms with Crippen molar-refractivity contribution in [1.29, 1.82) is 0 Å². The summed E-state index contributed by atoms with van der Waals surface area (Å²) in [5.74, 6) is 0. The lowest BCUT2D eigenvalue weighted by Gasteiger charge is -2.20. The molecule has 0 spiro atoms. The van der Waals surface area contributed by atoms with Crippen LogP contribution in [0.5, 0.6) is 0 Å². The van der Waals surface area contributed by atoms with E-state index in [2.05, 4.69) is 15.3 Å². The number of rotatable bonds is 6. The molecule has 23 heavy (non-hydrogen) atoms. The van der Waals surface area contributed by atoms with Gasteiger partial charge in [-0.05, 0) is 37.4 Å². The van der Waals surface area contributed by atoms with Crippen LogP contribution in [0.1, 0.15) is 38.0 Å². The SMILES string of the molecule is CC(C)(C)OC(=O)NCc1cccc(C(O)C(O)CN=[N+]=[N-])c1. The van der Waals surface area contributed by atoms with Crippen LogP contribution in [0.3, 0.4) is 0 Å². The molecule has 0 aromatic heterocycles. The Morgan fingerprint density at radius 3 is 2.74 bits per heavy atom. The van der Waals surface area contributed by atoms with Crippen LogP contribution in [-0.4, -0.2) is 34.6 Å². The van der Waals surface area contributed by atoms with Crippen LogP contribution in [0.15, 0.2) is 29.4 Å². The molecule has 0 aliphatic carbocycles. The Morgan fingerprint density at radius 1 is 1.43 bits per heavy atom. The molecular formula is C15H22N4O4. The van der Waals surface area contributed by atoms with E-state index in [1.165, 1.54) is 0 Å². The molecule has 1 rings (SSSR count). The Kier molecular flexibility index (Phi) is 6.84. The third-order valence-corrected chi connectivity index (χ3v) is 2.82. The van der Waals surface area contributed by atoms with Crippen molar-refractivity contribution < 1.29 is 19.7 Å². The smallest absolute Gasteiger partial charge is 0.407 e. The molecule has 1 aromatic carbocycles. The number of nitrogens with zero attached hydrogens (tertiary/aromatic N) is 3. The van der Waals surface area contributed by atoms with Gasteiger partial charge in [-0.25, -0.2) is 4.79 Å². The Labute approximate surface area is 134 Å². The lowest BCUT2D eigenvalue weighted by Crippen LogP contribution is -2.32. The predicted octanol–water partition coefficient (Wildman–Crippen LogP) is 2.42. The summed E-state index contributed by atoms with van der Waals surface area (Å²) in [5, 5.41) is 25.6. The van der Waals surface area contributed by atoms with Gasteiger partial charge in [-0.1, -0.05) is 29.4 Å². The number of azide groups is 1. The zero-order chi connectivity index (χ0) is 17.5. The molecule has 2 unspecified atom stereocenters. The Hall–Kier alpha value is -2.28. The van der Waals surface area contributed by atoms with E-state index in [9.17, 15) is 15.0 Å². The van der Waals surface area contributed by atoms with Crippen LogP contribution < -0.4 is 5.32 Å². The van der Waals surface area contributed by atoms with Crippen molar-refractivity contribution in [3.8, 4) is 0 Å². The molecule has 1 aromatic rings. The van der Waals surface area contributed by atoms with Crippen molar-refractivity contribution in [1.82, 2.24) is 5.32 Å². The van der Waals surface area contributed by atoms with E-state index in [1.807, 2.05) is 0 Å². The first-order chi connectivity index (χ1) is 10.7. The number of aliphatic hydroxyl groups excluding tert-OH is 2. The maximum atomic E-state index is 11.6. The summed E-state index contributed by atoms with van der Waals surface area (Å²) < 4.78 is 5.13. The Bertz CT molecular complexity index is 579. The van der Waals surface area contributed by atoms with E-state index >= 15 is 0 Å². The average molecular weight is 322 g/mol. The first-order valence-corrected chi connectivity index (χ1v) is 7.15. The Balaban J connectivity index is 2.66. The van der Waals surface area contributed by atoms with Crippen LogP contribution in [-0.2, 0) is 11.3 Å². The normalized spacial score (nSPS) is 13.6. The number of hydrogen-bond acceptors (Lipinski definition) is 5. The number of ether oxygens (including phenoxy) is 1. The van der Waals surface area contributed by atoms with E-state index in [1.54, 1.807) is 45.0 Å². The molecule has 0 aliphatic heterocycles. The quantitative estimate of drug-likeness (QED) is 0.422. The van der Waals surface area contributed by atoms with E-state index in [-0.39, 0.29) is 13.1 Å². The largest absolute Gasteiger partial charge is 0.444 e. The third kappa shape index (κ3) is 7.01. The third-order valence-electron chi connectivity index (χ3n) is 2.82. The van der Waals surface area contributed by atoms with Gasteiger partial charge in [0.1, 0.15) is 11.7 Å². The Morgan fingerprint density at radius 2 is 2.13 bits per heavy atom. The zero-order valence-corrected chi connectivity index (χ0v) is 13.4. The molecule has 0 saturated heterocycles. The molecule has 126 valence electrons. The fourth-order valence-electron chi connectivity index (χ4n) is 1.82. The van der Waals surface area contributed by atoms with Gasteiger partial charge in [-0.3, -0.25) is 0 Å². The first kappa shape index (κ1) is 18.8. The van der Waals surface area contributed by atoms with E-state index in [0.29, 0.717) is 5.56 Å². The lowest BCUT2D eigenvalue weighted by molar-refractivity contribution is 0.0243. The topological polar surface area (TPSA) is 128 Å². The van der Waals surface area contributed by atoms with Crippen molar-refractivity contribution in [2.24, 2.45) is 5.11 Å². The van der Waals surface area contributed by atoms with Crippen LogP contribution >= 0.6 is 0 Å². The summed E-state index contributed by atoms with van der Waals surface area (Å²) in [7, 11) is 0. The van der Waals surface area contributed by atoms with Gasteiger partial charge in [0.2, 0.25) is 0 Å². The van der Waals surface area contributed by atoms with Crippen molar-refractivity contribution in [2.75, 3.05) is 6.54 Å². The maximum absolute atomic E-state index is 11.6. The number of benzene rings is 1. The minimum absolute atomic E-state index is 0.224. The van der Waals surface area contributed by atoms with Crippen LogP contribution in [0.4, 0.5) is 4.79 Å². The van der Waals surface area contributed by atoms with Gasteiger partial charge in [0.15, 0.2) is 0 Å². The summed E-state index contributed by atoms with van der Waals surface area (Å²) in [6.07, 6.45) is -2.91. The molecule has 2 atom stereocenters. The molecule has 0 aliphatic rings. The standard InChI is InChI=1S/C15H22N4O4/c1-15(2,3)23-14(22)17-8-10-5-4-6-11(7-10)13(21)12(20)9-18-19-16/h4-7,12-13,20-21H,8-9H2,1-3H3,(H,17,22). The summed E-state index contributed by atoms with van der Waals surface area (Å²) in [4.78, 5) is 14.1. The fourth-order valence-corrected chi connectivity index (χ4v) is 1.82. The molecule has 0 bridgehead atoms. The molecule has 1 amide bonds. The van der Waals surface area contributed by atoms with E-state index in [0.717, 1.165) is 5.56 Å². The molecule has 8 nitrogen and oxygen atoms in total. The number of amides is 1. The van der Waals surface area contributed by atoms with Gasteiger partial charge in [0.05, 0.1) is 12.6 Å². The summed E-state index contributed by atoms with van der Waals surface area (Å²) in [5.41, 5.74) is 8.86. The predicted molar refractivity (Wildman–Crippen MR) is 84.5 cm³/mol. The van der Waals surface area contributed by atoms with Crippen molar-refractivity contribution in [2.45, 2.75) is 45.1 Å². The maximum Gasteiger partial charge on any atom is 0.407 e. The van der Waals surface area contributed by atoms with E-state index < -0.39 is 23.9 Å². The van der Waals surface area contributed by atoms with Gasteiger partial charge in [-0.2, -0.15) is 0 Å². The number of carbonyl (C=O) groups is 1. The second-order valence-electron chi connectivity index (χ2n) is 6.03. The number of aliphatic hydroxyl groups is 2. The lowest BCUT2D eigenvalue weighted by atomic mass is 10.0. The second-order valence-corrected chi connectivity index (χ2v) is 6.03. The van der Waals surface area contributed by atoms with Crippen LogP contribution in [0.25, 0.3) is 10.4 Å². The van der Waals surface area contributed by atoms with Gasteiger partial charge in [-0.15, -0.1) is 0 Å². The minimum Gasteiger partial charge on any atom is -0.444 e. The van der Waals surface area contributed by atoms with Crippen LogP contribution in [0, 0.1) is 0 Å². The highest BCUT2D eigenvalue weighted by atomic mass is 16.6. The number of carbonyl (C=O) groups excluding carboxylic acids is 1. The summed E-state index contributed by atoms with van der Waals surface area (Å²) in [6.45, 7) is 5.32. The fraction of sp³-hybridized carbons (Fsp3) is 0.533. The molecule has 8 heteroatoms. The highest BCUT2D eigenvalue weighted by molar-refractivity contribution is 5.67. The van der Waals surface area contributed by atoms with E-state index in [4.69, 9.17) is 10.3 Å². The van der Waals surface area contributed by atoms with Gasteiger partial charge in [0, 0.05) is 11.5 Å². The van der Waals surface area contributed by atoms with Gasteiger partial charge < -0.3 is 20.3 Å². The van der Waals surface area contributed by atoms with Gasteiger partial charge >= 0.3 is 6.09 Å². The molecule has 0 heterocycles. The van der Waals surface area contributed by atoms with Crippen molar-refractivity contribution >= 4 is 6.09 Å². The highest BCUT2D eigenvalue weighted by Gasteiger charge is 2.18. The second kappa shape index (κ2) is 8.38. The average Bonchev–Trinajstić information content (AvgIpc) is 2.48. The monoisotopic (exact) mass is 322 g/mol. The van der Waals surface area contributed by atoms with Crippen LogP contribution in [0.2, 0.25) is 0 Å². The molecule has 0 fully saturated rings. The summed E-state index contributed by atoms with van der Waals surface area (Å²) >= 11 is 0. The van der Waals surface area contributed by atoms with Gasteiger partial charge in [0.25, 0.3) is 0 Å². The molecule has 0 saturated carbocycles. The molecule has 0 radical (unpaired) electrons. The molecule has 3 N–H and O–H groups in total. The number of alkyl carbamates (subject to hydrolysis) is 1. The minimum atomic E-state index is -1.19. The summed E-state index contributed by atoms with van der Waals surface area (Å²) in [6, 6.07) is 6.76. The number of nitrogens with one attached hydrogen (secondary N) is 1. The van der Waals surface area contributed by atoms with Crippen molar-refractivity contribution in [3.63, 3.8) is 0 Å². The molecular weight excluding hydrogens is 300 g/mol.